The highest BCUT2D eigenvalue weighted by atomic mass is 31.2. The van der Waals surface area contributed by atoms with Crippen LogP contribution in [0.1, 0.15) is 0 Å². The summed E-state index contributed by atoms with van der Waals surface area (Å²) in [6, 6.07) is 41.8. The smallest absolute Gasteiger partial charge is 0.207 e. The van der Waals surface area contributed by atoms with Crippen LogP contribution < -0.4 is 21.2 Å². The third kappa shape index (κ3) is 6.42. The molecule has 0 amide bonds. The molecule has 0 spiro atoms. The fraction of sp³-hybridized carbons (Fsp3) is 0.333. The number of methoxy groups -OCH3 is 4. The van der Waals surface area contributed by atoms with E-state index in [1.165, 1.54) is 0 Å². The highest BCUT2D eigenvalue weighted by molar-refractivity contribution is 7.85. The molecule has 1 aliphatic rings. The zero-order valence-corrected chi connectivity index (χ0v) is 28.1. The first-order valence-corrected chi connectivity index (χ1v) is 19.2. The topological polar surface area (TPSA) is 55.4 Å². The third-order valence-corrected chi connectivity index (χ3v) is 15.2. The molecule has 6 atom stereocenters. The summed E-state index contributed by atoms with van der Waals surface area (Å²) in [6.45, 7) is 4.44. The van der Waals surface area contributed by atoms with Gasteiger partial charge in [-0.05, 0) is 48.5 Å². The van der Waals surface area contributed by atoms with Crippen molar-refractivity contribution in [1.29, 1.82) is 0 Å². The molecule has 4 aromatic rings. The molecular weight excluding hydrogens is 590 g/mol. The minimum Gasteiger partial charge on any atom is -0.376 e. The SMILES string of the molecule is CO[C@H]1[C@H](OC)[C@H](OC)[C@@H](O[P+](C)(c2ccccc2)c2ccccc2)[C@H](O[P+](C)(c2ccccc2)c2ccccc2)[C@H]1OC. The Labute approximate surface area is 263 Å². The van der Waals surface area contributed by atoms with Crippen LogP contribution in [0, 0.1) is 0 Å². The average molecular weight is 635 g/mol. The van der Waals surface area contributed by atoms with Gasteiger partial charge in [0.25, 0.3) is 0 Å². The van der Waals surface area contributed by atoms with Crippen molar-refractivity contribution in [2.75, 3.05) is 41.8 Å². The molecule has 1 saturated carbocycles. The van der Waals surface area contributed by atoms with Crippen LogP contribution in [-0.2, 0) is 28.0 Å². The van der Waals surface area contributed by atoms with Gasteiger partial charge in [-0.3, -0.25) is 0 Å². The van der Waals surface area contributed by atoms with Crippen molar-refractivity contribution in [2.45, 2.75) is 36.6 Å². The Kier molecular flexibility index (Phi) is 11.0. The van der Waals surface area contributed by atoms with Crippen molar-refractivity contribution >= 4 is 36.2 Å². The molecule has 0 saturated heterocycles. The van der Waals surface area contributed by atoms with Crippen LogP contribution in [-0.4, -0.2) is 78.4 Å². The number of rotatable bonds is 12. The van der Waals surface area contributed by atoms with Gasteiger partial charge in [-0.15, -0.1) is 0 Å². The lowest BCUT2D eigenvalue weighted by atomic mass is 9.84. The summed E-state index contributed by atoms with van der Waals surface area (Å²) in [6.07, 6.45) is -3.06. The normalized spacial score (nSPS) is 24.2. The Morgan fingerprint density at radius 1 is 0.341 bits per heavy atom. The summed E-state index contributed by atoms with van der Waals surface area (Å²) < 4.78 is 39.7. The predicted octanol–water partition coefficient (Wildman–Crippen LogP) is 5.26. The molecule has 4 aromatic carbocycles. The van der Waals surface area contributed by atoms with Crippen LogP contribution in [0.3, 0.4) is 0 Å². The first-order valence-electron chi connectivity index (χ1n) is 14.8. The van der Waals surface area contributed by atoms with Crippen molar-refractivity contribution < 1.29 is 28.0 Å². The zero-order chi connectivity index (χ0) is 31.2. The highest BCUT2D eigenvalue weighted by Crippen LogP contribution is 2.60. The molecule has 0 aliphatic heterocycles. The maximum Gasteiger partial charge on any atom is 0.207 e. The minimum atomic E-state index is -2.44. The molecule has 232 valence electrons. The molecule has 0 N–H and O–H groups in total. The summed E-state index contributed by atoms with van der Waals surface area (Å²) >= 11 is 0. The first kappa shape index (κ1) is 32.9. The average Bonchev–Trinajstić information content (AvgIpc) is 3.09. The second-order valence-electron chi connectivity index (χ2n) is 11.1. The van der Waals surface area contributed by atoms with E-state index in [1.54, 1.807) is 28.4 Å². The predicted molar refractivity (Wildman–Crippen MR) is 183 cm³/mol. The van der Waals surface area contributed by atoms with Crippen LogP contribution in [0.15, 0.2) is 121 Å². The molecule has 5 rings (SSSR count). The molecule has 0 unspecified atom stereocenters. The van der Waals surface area contributed by atoms with Gasteiger partial charge in [0.05, 0.1) is 13.3 Å². The lowest BCUT2D eigenvalue weighted by Crippen LogP contribution is -2.67. The summed E-state index contributed by atoms with van der Waals surface area (Å²) in [5, 5.41) is 4.50. The van der Waals surface area contributed by atoms with E-state index in [4.69, 9.17) is 28.0 Å². The first-order chi connectivity index (χ1) is 21.4. The van der Waals surface area contributed by atoms with Crippen LogP contribution in [0.4, 0.5) is 0 Å². The summed E-state index contributed by atoms with van der Waals surface area (Å²) in [4.78, 5) is 0. The minimum absolute atomic E-state index is 0.460. The quantitative estimate of drug-likeness (QED) is 0.199. The summed E-state index contributed by atoms with van der Waals surface area (Å²) in [5.41, 5.74) is 0. The van der Waals surface area contributed by atoms with Gasteiger partial charge in [-0.1, -0.05) is 72.8 Å². The van der Waals surface area contributed by atoms with Crippen molar-refractivity contribution in [3.63, 3.8) is 0 Å². The van der Waals surface area contributed by atoms with E-state index in [9.17, 15) is 0 Å². The molecule has 1 fully saturated rings. The van der Waals surface area contributed by atoms with E-state index in [-0.39, 0.29) is 0 Å². The van der Waals surface area contributed by atoms with Gasteiger partial charge in [0.2, 0.25) is 15.0 Å². The Morgan fingerprint density at radius 3 is 0.750 bits per heavy atom. The monoisotopic (exact) mass is 634 g/mol. The Hall–Kier alpha value is -2.50. The lowest BCUT2D eigenvalue weighted by molar-refractivity contribution is -0.235. The van der Waals surface area contributed by atoms with Crippen molar-refractivity contribution in [2.24, 2.45) is 0 Å². The van der Waals surface area contributed by atoms with Gasteiger partial charge in [0.15, 0.2) is 12.2 Å². The molecule has 8 heteroatoms. The van der Waals surface area contributed by atoms with Crippen LogP contribution >= 0.6 is 15.0 Å². The molecule has 0 bridgehead atoms. The van der Waals surface area contributed by atoms with E-state index in [0.29, 0.717) is 0 Å². The number of ether oxygens (including phenoxy) is 4. The maximum absolute atomic E-state index is 7.51. The molecule has 0 heterocycles. The van der Waals surface area contributed by atoms with Gasteiger partial charge >= 0.3 is 0 Å². The number of benzene rings is 4. The second-order valence-corrected chi connectivity index (χ2v) is 17.3. The highest BCUT2D eigenvalue weighted by Gasteiger charge is 2.61. The standard InChI is InChI=1S/C36H44O6P2/c1-37-31-32(38-2)34(40-4)36(42-44(6,29-23-15-9-16-24-29)30-25-17-10-18-26-30)35(33(31)39-3)41-43(5,27-19-11-7-12-20-27)28-21-13-8-14-22-28/h7-26,31-36H,1-6H3/q+2/t31-,32-,33-,34-,35+,36+/m0/s1. The summed E-state index contributed by atoms with van der Waals surface area (Å²) in [7, 11) is 1.88. The largest absolute Gasteiger partial charge is 0.376 e. The summed E-state index contributed by atoms with van der Waals surface area (Å²) in [5.74, 6) is 0. The fourth-order valence-corrected chi connectivity index (χ4v) is 11.8. The van der Waals surface area contributed by atoms with Gasteiger partial charge in [-0.2, -0.15) is 0 Å². The van der Waals surface area contributed by atoms with E-state index < -0.39 is 51.6 Å². The van der Waals surface area contributed by atoms with Gasteiger partial charge < -0.3 is 18.9 Å². The van der Waals surface area contributed by atoms with Crippen LogP contribution in [0.5, 0.6) is 0 Å². The second kappa shape index (κ2) is 14.7. The van der Waals surface area contributed by atoms with Gasteiger partial charge in [0.1, 0.15) is 45.6 Å². The van der Waals surface area contributed by atoms with Crippen molar-refractivity contribution in [3.8, 4) is 0 Å². The van der Waals surface area contributed by atoms with E-state index in [2.05, 4.69) is 110 Å². The molecule has 0 radical (unpaired) electrons. The van der Waals surface area contributed by atoms with E-state index >= 15 is 0 Å². The van der Waals surface area contributed by atoms with E-state index in [0.717, 1.165) is 21.2 Å². The molecule has 6 nitrogen and oxygen atoms in total. The molecule has 0 aromatic heterocycles. The number of hydrogen-bond donors (Lipinski definition) is 0. The molecule has 44 heavy (non-hydrogen) atoms. The van der Waals surface area contributed by atoms with Crippen molar-refractivity contribution in [3.05, 3.63) is 121 Å². The van der Waals surface area contributed by atoms with Gasteiger partial charge in [-0.25, -0.2) is 9.05 Å². The Balaban J connectivity index is 1.69. The molecular formula is C36H44O6P2+2. The third-order valence-electron chi connectivity index (χ3n) is 8.69. The lowest BCUT2D eigenvalue weighted by Gasteiger charge is -2.48. The van der Waals surface area contributed by atoms with Crippen LogP contribution in [0.25, 0.3) is 0 Å². The Bertz CT molecular complexity index is 1240. The van der Waals surface area contributed by atoms with Crippen LogP contribution in [0.2, 0.25) is 0 Å². The van der Waals surface area contributed by atoms with E-state index in [1.807, 2.05) is 24.3 Å². The van der Waals surface area contributed by atoms with Crippen molar-refractivity contribution in [1.82, 2.24) is 0 Å². The zero-order valence-electron chi connectivity index (χ0n) is 26.4. The molecule has 1 aliphatic carbocycles. The fourth-order valence-electron chi connectivity index (χ4n) is 6.31. The van der Waals surface area contributed by atoms with Gasteiger partial charge in [0, 0.05) is 28.4 Å². The maximum atomic E-state index is 7.51. The Morgan fingerprint density at radius 2 is 0.545 bits per heavy atom. The number of hydrogen-bond acceptors (Lipinski definition) is 6.